The Kier molecular flexibility index (Phi) is 14.9. The Morgan fingerprint density at radius 1 is 1.22 bits per heavy atom. The van der Waals surface area contributed by atoms with E-state index in [4.69, 9.17) is 0 Å². The van der Waals surface area contributed by atoms with Gasteiger partial charge < -0.3 is 15.4 Å². The molecule has 0 fully saturated rings. The topological polar surface area (TPSA) is 62.7 Å². The van der Waals surface area contributed by atoms with E-state index in [0.717, 1.165) is 38.2 Å². The number of esters is 1. The number of carbonyl (C=O) groups excluding carboxylic acids is 1. The smallest absolute Gasteiger partial charge is 0.305 e. The van der Waals surface area contributed by atoms with Crippen LogP contribution in [0.25, 0.3) is 0 Å². The number of rotatable bonds is 9. The molecule has 0 spiro atoms. The summed E-state index contributed by atoms with van der Waals surface area (Å²) in [5.74, 6) is 0.729. The van der Waals surface area contributed by atoms with Gasteiger partial charge in [-0.15, -0.1) is 24.0 Å². The molecule has 2 N–H and O–H groups in total. The van der Waals surface area contributed by atoms with E-state index in [2.05, 4.69) is 48.1 Å². The molecule has 0 amide bonds. The maximum Gasteiger partial charge on any atom is 0.305 e. The zero-order chi connectivity index (χ0) is 17.0. The summed E-state index contributed by atoms with van der Waals surface area (Å²) in [6.07, 6.45) is 5.73. The first kappa shape index (κ1) is 24.7. The van der Waals surface area contributed by atoms with Crippen LogP contribution >= 0.6 is 24.0 Å². The molecular formula is C17H36IN3O2. The van der Waals surface area contributed by atoms with Crippen LogP contribution in [0.1, 0.15) is 66.2 Å². The Balaban J connectivity index is 0. The molecule has 1 unspecified atom stereocenters. The van der Waals surface area contributed by atoms with Crippen molar-refractivity contribution in [1.82, 2.24) is 10.6 Å². The number of guanidine groups is 1. The SMILES string of the molecule is CN=C(NCCCCCC(=O)OC)NC(C)CCC(C)(C)C.I. The third kappa shape index (κ3) is 16.1. The lowest BCUT2D eigenvalue weighted by Crippen LogP contribution is -2.42. The fourth-order valence-electron chi connectivity index (χ4n) is 2.03. The van der Waals surface area contributed by atoms with Gasteiger partial charge in [-0.25, -0.2) is 0 Å². The lowest BCUT2D eigenvalue weighted by atomic mass is 9.89. The molecule has 6 heteroatoms. The highest BCUT2D eigenvalue weighted by atomic mass is 127. The molecule has 0 saturated carbocycles. The van der Waals surface area contributed by atoms with Crippen molar-refractivity contribution in [3.63, 3.8) is 0 Å². The molecule has 138 valence electrons. The highest BCUT2D eigenvalue weighted by molar-refractivity contribution is 14.0. The van der Waals surface area contributed by atoms with Crippen LogP contribution in [-0.2, 0) is 9.53 Å². The van der Waals surface area contributed by atoms with Gasteiger partial charge in [0.25, 0.3) is 0 Å². The fourth-order valence-corrected chi connectivity index (χ4v) is 2.03. The predicted molar refractivity (Wildman–Crippen MR) is 109 cm³/mol. The Hall–Kier alpha value is -0.530. The predicted octanol–water partition coefficient (Wildman–Crippen LogP) is 3.72. The summed E-state index contributed by atoms with van der Waals surface area (Å²) in [5, 5.41) is 6.74. The number of unbranched alkanes of at least 4 members (excludes halogenated alkanes) is 2. The zero-order valence-corrected chi connectivity index (χ0v) is 18.0. The highest BCUT2D eigenvalue weighted by Gasteiger charge is 2.13. The van der Waals surface area contributed by atoms with Crippen LogP contribution in [0.3, 0.4) is 0 Å². The molecule has 0 aliphatic rings. The van der Waals surface area contributed by atoms with E-state index in [1.807, 2.05) is 0 Å². The molecular weight excluding hydrogens is 405 g/mol. The number of ether oxygens (including phenoxy) is 1. The quantitative estimate of drug-likeness (QED) is 0.188. The number of aliphatic imine (C=N–C) groups is 1. The Morgan fingerprint density at radius 2 is 1.87 bits per heavy atom. The minimum atomic E-state index is -0.127. The van der Waals surface area contributed by atoms with Crippen LogP contribution in [-0.4, -0.2) is 38.7 Å². The van der Waals surface area contributed by atoms with Crippen LogP contribution in [0.2, 0.25) is 0 Å². The van der Waals surface area contributed by atoms with Crippen molar-refractivity contribution in [2.24, 2.45) is 10.4 Å². The van der Waals surface area contributed by atoms with Gasteiger partial charge in [-0.3, -0.25) is 9.79 Å². The third-order valence-electron chi connectivity index (χ3n) is 3.51. The summed E-state index contributed by atoms with van der Waals surface area (Å²) >= 11 is 0. The van der Waals surface area contributed by atoms with Gasteiger partial charge in [-0.05, 0) is 38.0 Å². The van der Waals surface area contributed by atoms with Gasteiger partial charge >= 0.3 is 5.97 Å². The third-order valence-corrected chi connectivity index (χ3v) is 3.51. The second-order valence-corrected chi connectivity index (χ2v) is 7.03. The molecule has 0 aliphatic carbocycles. The molecule has 0 aromatic heterocycles. The average Bonchev–Trinajstić information content (AvgIpc) is 2.46. The maximum atomic E-state index is 11.0. The van der Waals surface area contributed by atoms with Crippen LogP contribution in [0.15, 0.2) is 4.99 Å². The number of hydrogen-bond acceptors (Lipinski definition) is 3. The van der Waals surface area contributed by atoms with E-state index in [-0.39, 0.29) is 29.9 Å². The van der Waals surface area contributed by atoms with Crippen LogP contribution in [0.4, 0.5) is 0 Å². The largest absolute Gasteiger partial charge is 0.469 e. The fraction of sp³-hybridized carbons (Fsp3) is 0.882. The molecule has 0 aromatic rings. The van der Waals surface area contributed by atoms with E-state index in [9.17, 15) is 4.79 Å². The van der Waals surface area contributed by atoms with Crippen LogP contribution in [0.5, 0.6) is 0 Å². The molecule has 0 rings (SSSR count). The van der Waals surface area contributed by atoms with Crippen molar-refractivity contribution in [3.05, 3.63) is 0 Å². The molecule has 0 aromatic carbocycles. The summed E-state index contributed by atoms with van der Waals surface area (Å²) < 4.78 is 4.62. The Morgan fingerprint density at radius 3 is 2.39 bits per heavy atom. The van der Waals surface area contributed by atoms with Gasteiger partial charge in [0.05, 0.1) is 7.11 Å². The van der Waals surface area contributed by atoms with Crippen LogP contribution in [0, 0.1) is 5.41 Å². The normalized spacial score (nSPS) is 13.0. The van der Waals surface area contributed by atoms with Gasteiger partial charge in [0.15, 0.2) is 5.96 Å². The summed E-state index contributed by atoms with van der Waals surface area (Å²) in [4.78, 5) is 15.2. The van der Waals surface area contributed by atoms with E-state index < -0.39 is 0 Å². The maximum absolute atomic E-state index is 11.0. The molecule has 0 aliphatic heterocycles. The van der Waals surface area contributed by atoms with E-state index in [1.165, 1.54) is 13.5 Å². The zero-order valence-electron chi connectivity index (χ0n) is 15.7. The summed E-state index contributed by atoms with van der Waals surface area (Å²) in [6.45, 7) is 9.85. The van der Waals surface area contributed by atoms with Crippen molar-refractivity contribution in [3.8, 4) is 0 Å². The molecule has 0 heterocycles. The Bertz CT molecular complexity index is 341. The second kappa shape index (κ2) is 13.9. The van der Waals surface area contributed by atoms with Crippen molar-refractivity contribution in [1.29, 1.82) is 0 Å². The van der Waals surface area contributed by atoms with Crippen molar-refractivity contribution in [2.75, 3.05) is 20.7 Å². The van der Waals surface area contributed by atoms with Gasteiger partial charge in [0.2, 0.25) is 0 Å². The second-order valence-electron chi connectivity index (χ2n) is 7.03. The first-order valence-electron chi connectivity index (χ1n) is 8.32. The van der Waals surface area contributed by atoms with Crippen molar-refractivity contribution >= 4 is 35.9 Å². The molecule has 0 bridgehead atoms. The monoisotopic (exact) mass is 441 g/mol. The molecule has 23 heavy (non-hydrogen) atoms. The number of methoxy groups -OCH3 is 1. The van der Waals surface area contributed by atoms with E-state index >= 15 is 0 Å². The summed E-state index contributed by atoms with van der Waals surface area (Å²) in [7, 11) is 3.23. The number of hydrogen-bond donors (Lipinski definition) is 2. The first-order valence-corrected chi connectivity index (χ1v) is 8.32. The van der Waals surface area contributed by atoms with Gasteiger partial charge in [0.1, 0.15) is 0 Å². The number of carbonyl (C=O) groups is 1. The van der Waals surface area contributed by atoms with E-state index in [1.54, 1.807) is 7.05 Å². The lowest BCUT2D eigenvalue weighted by Gasteiger charge is -2.23. The number of nitrogens with zero attached hydrogens (tertiary/aromatic N) is 1. The standard InChI is InChI=1S/C17H35N3O2.HI/c1-14(11-12-17(2,3)4)20-16(18-5)19-13-9-7-8-10-15(21)22-6;/h14H,7-13H2,1-6H3,(H2,18,19,20);1H. The summed E-state index contributed by atoms with van der Waals surface area (Å²) in [6, 6.07) is 0.407. The van der Waals surface area contributed by atoms with Crippen LogP contribution < -0.4 is 10.6 Å². The average molecular weight is 441 g/mol. The van der Waals surface area contributed by atoms with Crippen molar-refractivity contribution < 1.29 is 9.53 Å². The Labute approximate surface area is 159 Å². The highest BCUT2D eigenvalue weighted by Crippen LogP contribution is 2.21. The molecule has 0 radical (unpaired) electrons. The first-order chi connectivity index (χ1) is 10.3. The molecule has 5 nitrogen and oxygen atoms in total. The van der Waals surface area contributed by atoms with E-state index in [0.29, 0.717) is 17.9 Å². The van der Waals surface area contributed by atoms with Gasteiger partial charge in [-0.1, -0.05) is 27.2 Å². The number of halogens is 1. The molecule has 0 saturated heterocycles. The minimum Gasteiger partial charge on any atom is -0.469 e. The molecule has 1 atom stereocenters. The van der Waals surface area contributed by atoms with Gasteiger partial charge in [-0.2, -0.15) is 0 Å². The minimum absolute atomic E-state index is 0. The summed E-state index contributed by atoms with van der Waals surface area (Å²) in [5.41, 5.74) is 0.368. The van der Waals surface area contributed by atoms with Gasteiger partial charge in [0, 0.05) is 26.1 Å². The van der Waals surface area contributed by atoms with Crippen molar-refractivity contribution in [2.45, 2.75) is 72.3 Å². The lowest BCUT2D eigenvalue weighted by molar-refractivity contribution is -0.140. The number of nitrogens with one attached hydrogen (secondary N) is 2.